The predicted octanol–water partition coefficient (Wildman–Crippen LogP) is 2.52. The molecule has 1 aromatic carbocycles. The number of carbonyl (C=O) groups is 1. The lowest BCUT2D eigenvalue weighted by Crippen LogP contribution is -2.11. The second-order valence-corrected chi connectivity index (χ2v) is 3.76. The van der Waals surface area contributed by atoms with E-state index in [1.165, 1.54) is 0 Å². The highest BCUT2D eigenvalue weighted by Crippen LogP contribution is 2.28. The van der Waals surface area contributed by atoms with Crippen LogP contribution in [0.5, 0.6) is 5.75 Å². The lowest BCUT2D eigenvalue weighted by molar-refractivity contribution is 0.0972. The molecule has 0 saturated heterocycles. The van der Waals surface area contributed by atoms with Crippen molar-refractivity contribution in [2.45, 2.75) is 26.2 Å². The Balaban J connectivity index is 2.54. The average Bonchev–Trinajstić information content (AvgIpc) is 2.19. The second kappa shape index (κ2) is 3.45. The van der Waals surface area contributed by atoms with E-state index in [2.05, 4.69) is 0 Å². The van der Waals surface area contributed by atoms with Crippen LogP contribution in [0.25, 0.3) is 0 Å². The number of ether oxygens (including phenoxy) is 1. The number of hydrogen-bond donors (Lipinski definition) is 0. The van der Waals surface area contributed by atoms with Crippen molar-refractivity contribution in [2.24, 2.45) is 0 Å². The molecule has 1 aliphatic carbocycles. The number of rotatable bonds is 1. The summed E-state index contributed by atoms with van der Waals surface area (Å²) in [6.45, 7) is 1.97. The number of fused-ring (bicyclic) bond motifs is 1. The molecule has 1 aliphatic rings. The summed E-state index contributed by atoms with van der Waals surface area (Å²) < 4.78 is 5.23. The summed E-state index contributed by atoms with van der Waals surface area (Å²) in [6.07, 6.45) is 2.66. The molecule has 0 atom stereocenters. The van der Waals surface area contributed by atoms with E-state index in [0.717, 1.165) is 35.3 Å². The third-order valence-corrected chi connectivity index (χ3v) is 2.77. The molecule has 0 amide bonds. The lowest BCUT2D eigenvalue weighted by atomic mass is 9.89. The molecular formula is C12H14O2. The van der Waals surface area contributed by atoms with Gasteiger partial charge in [0.05, 0.1) is 7.11 Å². The Hall–Kier alpha value is -1.31. The number of methoxy groups -OCH3 is 1. The zero-order chi connectivity index (χ0) is 10.1. The molecule has 2 nitrogen and oxygen atoms in total. The minimum absolute atomic E-state index is 0.275. The fourth-order valence-corrected chi connectivity index (χ4v) is 1.99. The lowest BCUT2D eigenvalue weighted by Gasteiger charge is -2.16. The normalized spacial score (nSPS) is 15.1. The van der Waals surface area contributed by atoms with Crippen LogP contribution in [0.3, 0.4) is 0 Å². The van der Waals surface area contributed by atoms with Crippen molar-refractivity contribution >= 4 is 5.78 Å². The number of carbonyl (C=O) groups excluding carboxylic acids is 1. The van der Waals surface area contributed by atoms with Crippen molar-refractivity contribution in [1.82, 2.24) is 0 Å². The van der Waals surface area contributed by atoms with Gasteiger partial charge in [-0.1, -0.05) is 0 Å². The van der Waals surface area contributed by atoms with Gasteiger partial charge in [0.15, 0.2) is 5.78 Å². The molecule has 0 fully saturated rings. The van der Waals surface area contributed by atoms with Crippen LogP contribution in [0.15, 0.2) is 12.1 Å². The molecule has 0 aromatic heterocycles. The Morgan fingerprint density at radius 2 is 2.07 bits per heavy atom. The van der Waals surface area contributed by atoms with Crippen LogP contribution in [0, 0.1) is 6.92 Å². The molecular weight excluding hydrogens is 176 g/mol. The molecule has 0 spiro atoms. The van der Waals surface area contributed by atoms with Gasteiger partial charge in [0, 0.05) is 12.0 Å². The van der Waals surface area contributed by atoms with E-state index in [4.69, 9.17) is 4.74 Å². The maximum atomic E-state index is 11.6. The van der Waals surface area contributed by atoms with Crippen LogP contribution in [0.4, 0.5) is 0 Å². The topological polar surface area (TPSA) is 26.3 Å². The fourth-order valence-electron chi connectivity index (χ4n) is 1.99. The monoisotopic (exact) mass is 190 g/mol. The summed E-state index contributed by atoms with van der Waals surface area (Å²) in [7, 11) is 1.67. The second-order valence-electron chi connectivity index (χ2n) is 3.76. The molecule has 1 aromatic rings. The van der Waals surface area contributed by atoms with Crippen LogP contribution >= 0.6 is 0 Å². The van der Waals surface area contributed by atoms with E-state index >= 15 is 0 Å². The van der Waals surface area contributed by atoms with Gasteiger partial charge in [0.25, 0.3) is 0 Å². The highest BCUT2D eigenvalue weighted by Gasteiger charge is 2.18. The van der Waals surface area contributed by atoms with Crippen LogP contribution in [-0.2, 0) is 6.42 Å². The molecule has 0 saturated carbocycles. The maximum Gasteiger partial charge on any atom is 0.163 e. The average molecular weight is 190 g/mol. The van der Waals surface area contributed by atoms with Crippen molar-refractivity contribution in [1.29, 1.82) is 0 Å². The first-order valence-corrected chi connectivity index (χ1v) is 4.93. The minimum Gasteiger partial charge on any atom is -0.496 e. The van der Waals surface area contributed by atoms with Crippen LogP contribution in [0.2, 0.25) is 0 Å². The van der Waals surface area contributed by atoms with Crippen LogP contribution < -0.4 is 4.74 Å². The van der Waals surface area contributed by atoms with Crippen molar-refractivity contribution < 1.29 is 9.53 Å². The molecule has 0 aliphatic heterocycles. The molecule has 0 heterocycles. The minimum atomic E-state index is 0.275. The number of ketones is 1. The summed E-state index contributed by atoms with van der Waals surface area (Å²) in [5, 5.41) is 0. The first-order valence-electron chi connectivity index (χ1n) is 4.93. The molecule has 2 heteroatoms. The molecule has 74 valence electrons. The largest absolute Gasteiger partial charge is 0.496 e. The predicted molar refractivity (Wildman–Crippen MR) is 55.0 cm³/mol. The molecule has 14 heavy (non-hydrogen) atoms. The molecule has 0 radical (unpaired) electrons. The van der Waals surface area contributed by atoms with Gasteiger partial charge in [-0.15, -0.1) is 0 Å². The quantitative estimate of drug-likeness (QED) is 0.680. The number of benzene rings is 1. The first-order chi connectivity index (χ1) is 6.72. The smallest absolute Gasteiger partial charge is 0.163 e. The molecule has 0 N–H and O–H groups in total. The summed E-state index contributed by atoms with van der Waals surface area (Å²) >= 11 is 0. The summed E-state index contributed by atoms with van der Waals surface area (Å²) in [5.41, 5.74) is 3.08. The summed E-state index contributed by atoms with van der Waals surface area (Å²) in [4.78, 5) is 11.6. The first kappa shape index (κ1) is 9.25. The van der Waals surface area contributed by atoms with E-state index < -0.39 is 0 Å². The van der Waals surface area contributed by atoms with Gasteiger partial charge in [-0.2, -0.15) is 0 Å². The Labute approximate surface area is 83.9 Å². The highest BCUT2D eigenvalue weighted by molar-refractivity contribution is 5.98. The highest BCUT2D eigenvalue weighted by atomic mass is 16.5. The molecule has 0 unspecified atom stereocenters. The van der Waals surface area contributed by atoms with Crippen molar-refractivity contribution in [2.75, 3.05) is 7.11 Å². The van der Waals surface area contributed by atoms with Gasteiger partial charge in [-0.05, 0) is 43.0 Å². The van der Waals surface area contributed by atoms with Crippen molar-refractivity contribution in [3.63, 3.8) is 0 Å². The van der Waals surface area contributed by atoms with E-state index in [1.54, 1.807) is 7.11 Å². The van der Waals surface area contributed by atoms with Gasteiger partial charge < -0.3 is 4.74 Å². The van der Waals surface area contributed by atoms with E-state index in [9.17, 15) is 4.79 Å². The van der Waals surface area contributed by atoms with E-state index in [1.807, 2.05) is 19.1 Å². The van der Waals surface area contributed by atoms with Crippen LogP contribution in [-0.4, -0.2) is 12.9 Å². The third kappa shape index (κ3) is 1.41. The Bertz CT molecular complexity index is 380. The Morgan fingerprint density at radius 3 is 2.79 bits per heavy atom. The Kier molecular flexibility index (Phi) is 2.28. The fraction of sp³-hybridized carbons (Fsp3) is 0.417. The summed E-state index contributed by atoms with van der Waals surface area (Å²) in [5.74, 6) is 1.16. The van der Waals surface area contributed by atoms with Gasteiger partial charge in [0.2, 0.25) is 0 Å². The number of hydrogen-bond acceptors (Lipinski definition) is 2. The molecule has 0 bridgehead atoms. The SMILES string of the molecule is COc1cc2c(cc1C)C(=O)CCC2. The standard InChI is InChI=1S/C12H14O2/c1-8-6-10-9(7-12(8)14-2)4-3-5-11(10)13/h6-7H,3-5H2,1-2H3. The zero-order valence-corrected chi connectivity index (χ0v) is 8.59. The van der Waals surface area contributed by atoms with Crippen molar-refractivity contribution in [3.8, 4) is 5.75 Å². The molecule has 2 rings (SSSR count). The summed E-state index contributed by atoms with van der Waals surface area (Å²) in [6, 6.07) is 3.96. The maximum absolute atomic E-state index is 11.6. The van der Waals surface area contributed by atoms with E-state index in [-0.39, 0.29) is 5.78 Å². The van der Waals surface area contributed by atoms with Crippen LogP contribution in [0.1, 0.15) is 34.3 Å². The van der Waals surface area contributed by atoms with Gasteiger partial charge >= 0.3 is 0 Å². The van der Waals surface area contributed by atoms with Gasteiger partial charge in [-0.25, -0.2) is 0 Å². The number of Topliss-reactive ketones (excluding diaryl/α,β-unsaturated/α-hetero) is 1. The zero-order valence-electron chi connectivity index (χ0n) is 8.59. The van der Waals surface area contributed by atoms with E-state index in [0.29, 0.717) is 6.42 Å². The number of aryl methyl sites for hydroxylation is 2. The third-order valence-electron chi connectivity index (χ3n) is 2.77. The van der Waals surface area contributed by atoms with Gasteiger partial charge in [0.1, 0.15) is 5.75 Å². The Morgan fingerprint density at radius 1 is 1.29 bits per heavy atom. The van der Waals surface area contributed by atoms with Gasteiger partial charge in [-0.3, -0.25) is 4.79 Å². The van der Waals surface area contributed by atoms with Crippen molar-refractivity contribution in [3.05, 3.63) is 28.8 Å².